The molecule has 4 heteroatoms. The average Bonchev–Trinajstić information content (AvgIpc) is 2.70. The maximum atomic E-state index is 11.5. The Kier molecular flexibility index (Phi) is 4.74. The van der Waals surface area contributed by atoms with Crippen molar-refractivity contribution in [1.29, 1.82) is 0 Å². The van der Waals surface area contributed by atoms with Crippen LogP contribution in [0.15, 0.2) is 18.3 Å². The zero-order chi connectivity index (χ0) is 11.1. The summed E-state index contributed by atoms with van der Waals surface area (Å²) in [6.07, 6.45) is 3.99. The van der Waals surface area contributed by atoms with Gasteiger partial charge in [-0.3, -0.25) is 0 Å². The minimum atomic E-state index is -0.0157. The van der Waals surface area contributed by atoms with Crippen molar-refractivity contribution < 1.29 is 4.79 Å². The van der Waals surface area contributed by atoms with Gasteiger partial charge in [0, 0.05) is 25.5 Å². The third-order valence-electron chi connectivity index (χ3n) is 2.22. The second-order valence-electron chi connectivity index (χ2n) is 3.64. The van der Waals surface area contributed by atoms with E-state index in [1.807, 2.05) is 18.3 Å². The first-order chi connectivity index (χ1) is 7.24. The molecule has 0 bridgehead atoms. The number of hydrogen-bond donors (Lipinski definition) is 2. The summed E-state index contributed by atoms with van der Waals surface area (Å²) in [7, 11) is 1.79. The quantitative estimate of drug-likeness (QED) is 0.715. The molecule has 4 nitrogen and oxygen atoms in total. The van der Waals surface area contributed by atoms with Crippen molar-refractivity contribution in [3.63, 3.8) is 0 Å². The highest BCUT2D eigenvalue weighted by Crippen LogP contribution is 1.99. The number of nitrogens with one attached hydrogen (secondary N) is 2. The normalized spacial score (nSPS) is 10.0. The minimum absolute atomic E-state index is 0.0157. The fraction of sp³-hybridized carbons (Fsp3) is 0.545. The van der Waals surface area contributed by atoms with Gasteiger partial charge in [-0.05, 0) is 18.6 Å². The summed E-state index contributed by atoms with van der Waals surface area (Å²) in [5.74, 6) is 0. The molecule has 0 unspecified atom stereocenters. The van der Waals surface area contributed by atoms with Crippen LogP contribution in [0, 0.1) is 0 Å². The van der Waals surface area contributed by atoms with E-state index in [4.69, 9.17) is 0 Å². The number of carbonyl (C=O) groups is 1. The molecule has 1 aromatic rings. The van der Waals surface area contributed by atoms with Gasteiger partial charge in [-0.1, -0.05) is 13.3 Å². The van der Waals surface area contributed by atoms with Crippen molar-refractivity contribution in [2.75, 3.05) is 13.6 Å². The van der Waals surface area contributed by atoms with Gasteiger partial charge in [-0.15, -0.1) is 0 Å². The predicted octanol–water partition coefficient (Wildman–Crippen LogP) is 1.96. The summed E-state index contributed by atoms with van der Waals surface area (Å²) in [5.41, 5.74) is 1.04. The number of unbranched alkanes of at least 4 members (excludes halogenated alkanes) is 1. The van der Waals surface area contributed by atoms with Crippen LogP contribution >= 0.6 is 0 Å². The van der Waals surface area contributed by atoms with Gasteiger partial charge in [0.1, 0.15) is 0 Å². The third kappa shape index (κ3) is 4.06. The number of hydrogen-bond acceptors (Lipinski definition) is 1. The maximum Gasteiger partial charge on any atom is 0.317 e. The molecule has 0 saturated carbocycles. The molecular weight excluding hydrogens is 190 g/mol. The average molecular weight is 209 g/mol. The Balaban J connectivity index is 2.27. The molecule has 0 fully saturated rings. The van der Waals surface area contributed by atoms with E-state index in [0.29, 0.717) is 6.54 Å². The van der Waals surface area contributed by atoms with E-state index in [2.05, 4.69) is 17.2 Å². The lowest BCUT2D eigenvalue weighted by Gasteiger charge is -2.16. The predicted molar refractivity (Wildman–Crippen MR) is 60.6 cm³/mol. The second-order valence-corrected chi connectivity index (χ2v) is 3.64. The van der Waals surface area contributed by atoms with Gasteiger partial charge in [-0.2, -0.15) is 0 Å². The standard InChI is InChI=1S/C11H19N3O/c1-3-4-7-13-11(15)14(2)9-10-6-5-8-12-10/h5-6,8,12H,3-4,7,9H2,1-2H3,(H,13,15). The summed E-state index contributed by atoms with van der Waals surface area (Å²) in [6, 6.07) is 3.88. The Morgan fingerprint density at radius 3 is 3.00 bits per heavy atom. The fourth-order valence-electron chi connectivity index (χ4n) is 1.30. The summed E-state index contributed by atoms with van der Waals surface area (Å²) >= 11 is 0. The number of nitrogens with zero attached hydrogens (tertiary/aromatic N) is 1. The van der Waals surface area contributed by atoms with Crippen LogP contribution in [0.1, 0.15) is 25.5 Å². The van der Waals surface area contributed by atoms with E-state index < -0.39 is 0 Å². The fourth-order valence-corrected chi connectivity index (χ4v) is 1.30. The van der Waals surface area contributed by atoms with Crippen LogP contribution in [0.3, 0.4) is 0 Å². The number of aromatic nitrogens is 1. The molecule has 0 aliphatic rings. The number of rotatable bonds is 5. The largest absolute Gasteiger partial charge is 0.364 e. The Morgan fingerprint density at radius 2 is 2.40 bits per heavy atom. The zero-order valence-electron chi connectivity index (χ0n) is 9.42. The minimum Gasteiger partial charge on any atom is -0.364 e. The molecule has 0 atom stereocenters. The smallest absolute Gasteiger partial charge is 0.317 e. The Bertz CT molecular complexity index is 282. The van der Waals surface area contributed by atoms with Gasteiger partial charge < -0.3 is 15.2 Å². The van der Waals surface area contributed by atoms with Gasteiger partial charge in [0.25, 0.3) is 0 Å². The van der Waals surface area contributed by atoms with Crippen LogP contribution in [0.5, 0.6) is 0 Å². The van der Waals surface area contributed by atoms with Crippen LogP contribution in [0.4, 0.5) is 4.79 Å². The Hall–Kier alpha value is -1.45. The number of aromatic amines is 1. The first-order valence-corrected chi connectivity index (χ1v) is 5.35. The number of amides is 2. The van der Waals surface area contributed by atoms with Crippen molar-refractivity contribution in [1.82, 2.24) is 15.2 Å². The van der Waals surface area contributed by atoms with Crippen molar-refractivity contribution >= 4 is 6.03 Å². The first-order valence-electron chi connectivity index (χ1n) is 5.35. The lowest BCUT2D eigenvalue weighted by molar-refractivity contribution is 0.206. The highest BCUT2D eigenvalue weighted by atomic mass is 16.2. The molecule has 0 spiro atoms. The Labute approximate surface area is 90.7 Å². The SMILES string of the molecule is CCCCNC(=O)N(C)Cc1ccc[nH]1. The molecule has 1 rings (SSSR count). The molecule has 0 aliphatic carbocycles. The monoisotopic (exact) mass is 209 g/mol. The molecule has 15 heavy (non-hydrogen) atoms. The molecule has 1 aromatic heterocycles. The van der Waals surface area contributed by atoms with Crippen LogP contribution in [-0.4, -0.2) is 29.5 Å². The number of carbonyl (C=O) groups excluding carboxylic acids is 1. The van der Waals surface area contributed by atoms with Gasteiger partial charge in [-0.25, -0.2) is 4.79 Å². The van der Waals surface area contributed by atoms with Crippen molar-refractivity contribution in [2.45, 2.75) is 26.3 Å². The molecule has 0 aliphatic heterocycles. The summed E-state index contributed by atoms with van der Waals surface area (Å²) < 4.78 is 0. The lowest BCUT2D eigenvalue weighted by atomic mass is 10.3. The van der Waals surface area contributed by atoms with Crippen LogP contribution in [0.2, 0.25) is 0 Å². The Morgan fingerprint density at radius 1 is 1.60 bits per heavy atom. The molecule has 1 heterocycles. The highest BCUT2D eigenvalue weighted by molar-refractivity contribution is 5.73. The summed E-state index contributed by atoms with van der Waals surface area (Å²) in [4.78, 5) is 16.3. The number of urea groups is 1. The van der Waals surface area contributed by atoms with Crippen LogP contribution < -0.4 is 5.32 Å². The van der Waals surface area contributed by atoms with E-state index >= 15 is 0 Å². The van der Waals surface area contributed by atoms with E-state index in [-0.39, 0.29) is 6.03 Å². The molecule has 84 valence electrons. The molecule has 0 saturated heterocycles. The topological polar surface area (TPSA) is 48.1 Å². The van der Waals surface area contributed by atoms with E-state index in [1.165, 1.54) is 0 Å². The van der Waals surface area contributed by atoms with Crippen molar-refractivity contribution in [3.05, 3.63) is 24.0 Å². The van der Waals surface area contributed by atoms with Crippen LogP contribution in [-0.2, 0) is 6.54 Å². The molecule has 0 aromatic carbocycles. The summed E-state index contributed by atoms with van der Waals surface area (Å²) in [6.45, 7) is 3.48. The van der Waals surface area contributed by atoms with E-state index in [1.54, 1.807) is 11.9 Å². The van der Waals surface area contributed by atoms with Gasteiger partial charge in [0.05, 0.1) is 6.54 Å². The van der Waals surface area contributed by atoms with Gasteiger partial charge in [0.15, 0.2) is 0 Å². The summed E-state index contributed by atoms with van der Waals surface area (Å²) in [5, 5.41) is 2.87. The zero-order valence-corrected chi connectivity index (χ0v) is 9.42. The number of H-pyrrole nitrogens is 1. The maximum absolute atomic E-state index is 11.5. The van der Waals surface area contributed by atoms with E-state index in [9.17, 15) is 4.79 Å². The molecular formula is C11H19N3O. The molecule has 2 amide bonds. The van der Waals surface area contributed by atoms with Gasteiger partial charge >= 0.3 is 6.03 Å². The molecule has 0 radical (unpaired) electrons. The highest BCUT2D eigenvalue weighted by Gasteiger charge is 2.07. The lowest BCUT2D eigenvalue weighted by Crippen LogP contribution is -2.37. The first kappa shape index (κ1) is 11.6. The third-order valence-corrected chi connectivity index (χ3v) is 2.22. The van der Waals surface area contributed by atoms with Crippen molar-refractivity contribution in [3.8, 4) is 0 Å². The van der Waals surface area contributed by atoms with E-state index in [0.717, 1.165) is 25.1 Å². The molecule has 2 N–H and O–H groups in total. The van der Waals surface area contributed by atoms with Crippen LogP contribution in [0.25, 0.3) is 0 Å². The van der Waals surface area contributed by atoms with Gasteiger partial charge in [0.2, 0.25) is 0 Å². The van der Waals surface area contributed by atoms with Crippen molar-refractivity contribution in [2.24, 2.45) is 0 Å². The second kappa shape index (κ2) is 6.11.